The van der Waals surface area contributed by atoms with E-state index in [9.17, 15) is 19.7 Å². The number of rotatable bonds is 3. The third-order valence-corrected chi connectivity index (χ3v) is 8.37. The Morgan fingerprint density at radius 1 is 0.970 bits per heavy atom. The maximum Gasteiger partial charge on any atom is 0.270 e. The van der Waals surface area contributed by atoms with Gasteiger partial charge < -0.3 is 0 Å². The van der Waals surface area contributed by atoms with Gasteiger partial charge in [0.15, 0.2) is 0 Å². The van der Waals surface area contributed by atoms with Gasteiger partial charge in [-0.2, -0.15) is 0 Å². The van der Waals surface area contributed by atoms with Crippen LogP contribution in [-0.4, -0.2) is 16.7 Å². The van der Waals surface area contributed by atoms with E-state index in [0.717, 1.165) is 22.3 Å². The van der Waals surface area contributed by atoms with Crippen LogP contribution in [0.2, 0.25) is 0 Å². The molecule has 1 saturated heterocycles. The Kier molecular flexibility index (Phi) is 4.21. The Hall–Kier alpha value is -3.32. The topological polar surface area (TPSA) is 80.5 Å². The van der Waals surface area contributed by atoms with Crippen molar-refractivity contribution in [2.75, 3.05) is 4.90 Å². The van der Waals surface area contributed by atoms with Gasteiger partial charge in [-0.3, -0.25) is 19.7 Å². The highest BCUT2D eigenvalue weighted by Gasteiger charge is 2.67. The normalized spacial score (nSPS) is 26.7. The minimum Gasteiger partial charge on any atom is -0.274 e. The van der Waals surface area contributed by atoms with Gasteiger partial charge in [-0.15, -0.1) is 0 Å². The zero-order valence-electron chi connectivity index (χ0n) is 17.7. The summed E-state index contributed by atoms with van der Waals surface area (Å²) in [5.41, 5.74) is 4.14. The number of carbonyl (C=O) groups is 2. The summed E-state index contributed by atoms with van der Waals surface area (Å²) in [6, 6.07) is 20.5. The second kappa shape index (κ2) is 6.84. The molecule has 1 aliphatic heterocycles. The molecule has 2 amide bonds. The van der Waals surface area contributed by atoms with Crippen molar-refractivity contribution in [3.63, 3.8) is 0 Å². The van der Waals surface area contributed by atoms with Gasteiger partial charge in [0, 0.05) is 27.9 Å². The molecule has 2 bridgehead atoms. The number of hydrogen-bond acceptors (Lipinski definition) is 4. The van der Waals surface area contributed by atoms with Gasteiger partial charge in [0.2, 0.25) is 11.8 Å². The Bertz CT molecular complexity index is 1340. The van der Waals surface area contributed by atoms with E-state index < -0.39 is 22.2 Å². The number of benzene rings is 3. The first-order chi connectivity index (χ1) is 15.9. The van der Waals surface area contributed by atoms with Crippen LogP contribution in [0.5, 0.6) is 0 Å². The molecule has 0 N–H and O–H groups in total. The molecule has 0 spiro atoms. The van der Waals surface area contributed by atoms with Crippen LogP contribution in [0.4, 0.5) is 11.4 Å². The first kappa shape index (κ1) is 20.3. The summed E-state index contributed by atoms with van der Waals surface area (Å²) in [7, 11) is 0. The first-order valence-corrected chi connectivity index (χ1v) is 11.7. The molecule has 7 rings (SSSR count). The fourth-order valence-corrected chi connectivity index (χ4v) is 7.10. The maximum absolute atomic E-state index is 14.0. The quantitative estimate of drug-likeness (QED) is 0.275. The van der Waals surface area contributed by atoms with E-state index in [-0.39, 0.29) is 23.4 Å². The third-order valence-electron chi connectivity index (χ3n) is 7.73. The smallest absolute Gasteiger partial charge is 0.270 e. The molecule has 7 heteroatoms. The molecule has 1 heterocycles. The van der Waals surface area contributed by atoms with Crippen LogP contribution < -0.4 is 4.90 Å². The molecule has 3 aromatic carbocycles. The number of nitrogens with zero attached hydrogens (tertiary/aromatic N) is 2. The molecule has 3 aliphatic carbocycles. The van der Waals surface area contributed by atoms with Crippen LogP contribution in [0.25, 0.3) is 0 Å². The van der Waals surface area contributed by atoms with Crippen molar-refractivity contribution < 1.29 is 14.5 Å². The van der Waals surface area contributed by atoms with Crippen LogP contribution in [0, 0.1) is 22.0 Å². The van der Waals surface area contributed by atoms with Crippen molar-refractivity contribution >= 4 is 39.1 Å². The maximum atomic E-state index is 14.0. The number of imide groups is 1. The number of hydrogen-bond donors (Lipinski definition) is 0. The summed E-state index contributed by atoms with van der Waals surface area (Å²) in [5, 5.41) is 11.2. The lowest BCUT2D eigenvalue weighted by Gasteiger charge is -2.54. The molecule has 3 aromatic rings. The van der Waals surface area contributed by atoms with E-state index in [1.165, 1.54) is 23.1 Å². The first-order valence-electron chi connectivity index (χ1n) is 10.9. The largest absolute Gasteiger partial charge is 0.274 e. The summed E-state index contributed by atoms with van der Waals surface area (Å²) in [4.78, 5) is 39.9. The third kappa shape index (κ3) is 2.38. The minimum absolute atomic E-state index is 0.105. The highest BCUT2D eigenvalue weighted by molar-refractivity contribution is 9.10. The molecular formula is C26H19BrN2O4. The van der Waals surface area contributed by atoms with Crippen LogP contribution >= 0.6 is 15.9 Å². The standard InChI is InChI=1S/C26H19BrN2O4/c1-2-26-17-9-5-3-7-15(17)21(16-8-4-6-10-18(16)26)22-23(26)25(31)28(24(22)30)20-12-11-14(29(32)33)13-19(20)27/h3-13,21-23H,2H2,1H3/t21?,22-,23+,26?/m0/s1. The van der Waals surface area contributed by atoms with Crippen LogP contribution in [0.1, 0.15) is 41.5 Å². The van der Waals surface area contributed by atoms with Crippen LogP contribution in [-0.2, 0) is 15.0 Å². The summed E-state index contributed by atoms with van der Waals surface area (Å²) in [6.07, 6.45) is 0.684. The lowest BCUT2D eigenvalue weighted by molar-refractivity contribution is -0.384. The fraction of sp³-hybridized carbons (Fsp3) is 0.231. The van der Waals surface area contributed by atoms with Gasteiger partial charge >= 0.3 is 0 Å². The average Bonchev–Trinajstić information content (AvgIpc) is 3.10. The lowest BCUT2D eigenvalue weighted by atomic mass is 9.46. The Labute approximate surface area is 198 Å². The lowest BCUT2D eigenvalue weighted by Crippen LogP contribution is -2.53. The molecular weight excluding hydrogens is 484 g/mol. The number of carbonyl (C=O) groups excluding carboxylic acids is 2. The van der Waals surface area contributed by atoms with Crippen molar-refractivity contribution in [2.45, 2.75) is 24.7 Å². The van der Waals surface area contributed by atoms with Gasteiger partial charge in [-0.1, -0.05) is 55.5 Å². The van der Waals surface area contributed by atoms with Gasteiger partial charge in [0.25, 0.3) is 5.69 Å². The molecule has 4 aliphatic rings. The zero-order valence-corrected chi connectivity index (χ0v) is 19.3. The second-order valence-electron chi connectivity index (χ2n) is 8.89. The monoisotopic (exact) mass is 502 g/mol. The van der Waals surface area contributed by atoms with E-state index in [1.807, 2.05) is 24.3 Å². The molecule has 1 fully saturated rings. The Balaban J connectivity index is 1.59. The van der Waals surface area contributed by atoms with Crippen molar-refractivity contribution in [3.8, 4) is 0 Å². The molecule has 0 saturated carbocycles. The molecule has 0 unspecified atom stereocenters. The SMILES string of the molecule is CCC12c3ccccc3C(c3ccccc31)[C@@H]1C(=O)N(c3ccc([N+](=O)[O-])cc3Br)C(=O)[C@@H]12. The van der Waals surface area contributed by atoms with Crippen molar-refractivity contribution in [1.82, 2.24) is 0 Å². The van der Waals surface area contributed by atoms with Crippen molar-refractivity contribution in [3.05, 3.63) is 104 Å². The van der Waals surface area contributed by atoms with Crippen LogP contribution in [0.3, 0.4) is 0 Å². The number of halogens is 1. The number of nitro benzene ring substituents is 1. The van der Waals surface area contributed by atoms with Crippen molar-refractivity contribution in [2.24, 2.45) is 11.8 Å². The summed E-state index contributed by atoms with van der Waals surface area (Å²) >= 11 is 3.36. The minimum atomic E-state index is -0.596. The van der Waals surface area contributed by atoms with Crippen molar-refractivity contribution in [1.29, 1.82) is 0 Å². The van der Waals surface area contributed by atoms with E-state index >= 15 is 0 Å². The van der Waals surface area contributed by atoms with E-state index in [0.29, 0.717) is 16.6 Å². The van der Waals surface area contributed by atoms with Gasteiger partial charge in [0.05, 0.1) is 22.4 Å². The number of amides is 2. The molecule has 2 atom stereocenters. The Morgan fingerprint density at radius 3 is 2.12 bits per heavy atom. The summed E-state index contributed by atoms with van der Waals surface area (Å²) < 4.78 is 0.352. The molecule has 0 radical (unpaired) electrons. The van der Waals surface area contributed by atoms with Gasteiger partial charge in [-0.05, 0) is 50.7 Å². The fourth-order valence-electron chi connectivity index (χ4n) is 6.56. The number of anilines is 1. The number of nitro groups is 1. The summed E-state index contributed by atoms with van der Waals surface area (Å²) in [5.74, 6) is -1.72. The predicted octanol–water partition coefficient (Wildman–Crippen LogP) is 5.32. The molecule has 164 valence electrons. The highest BCUT2D eigenvalue weighted by Crippen LogP contribution is 2.65. The van der Waals surface area contributed by atoms with Gasteiger partial charge in [-0.25, -0.2) is 4.90 Å². The highest BCUT2D eigenvalue weighted by atomic mass is 79.9. The van der Waals surface area contributed by atoms with E-state index in [2.05, 4.69) is 47.1 Å². The van der Waals surface area contributed by atoms with Gasteiger partial charge in [0.1, 0.15) is 0 Å². The predicted molar refractivity (Wildman–Crippen MR) is 126 cm³/mol. The van der Waals surface area contributed by atoms with Crippen LogP contribution in [0.15, 0.2) is 71.2 Å². The molecule has 6 nitrogen and oxygen atoms in total. The van der Waals surface area contributed by atoms with E-state index in [1.54, 1.807) is 0 Å². The summed E-state index contributed by atoms with van der Waals surface area (Å²) in [6.45, 7) is 2.08. The molecule has 0 aromatic heterocycles. The zero-order chi connectivity index (χ0) is 23.1. The molecule has 33 heavy (non-hydrogen) atoms. The number of non-ortho nitro benzene ring substituents is 1. The van der Waals surface area contributed by atoms with E-state index in [4.69, 9.17) is 0 Å². The Morgan fingerprint density at radius 2 is 1.58 bits per heavy atom. The average molecular weight is 503 g/mol. The second-order valence-corrected chi connectivity index (χ2v) is 9.74.